The summed E-state index contributed by atoms with van der Waals surface area (Å²) >= 11 is -7.34. The summed E-state index contributed by atoms with van der Waals surface area (Å²) in [6.45, 7) is 8.09. The number of aromatic carboxylic acids is 1. The van der Waals surface area contributed by atoms with Crippen LogP contribution >= 0.6 is 0 Å². The Hall–Kier alpha value is -1.65. The number of aromatic nitrogens is 1. The van der Waals surface area contributed by atoms with Gasteiger partial charge in [0.25, 0.3) is 0 Å². The molecule has 0 bridgehead atoms. The summed E-state index contributed by atoms with van der Waals surface area (Å²) in [6.07, 6.45) is 7.45. The first kappa shape index (κ1) is 33.4. The van der Waals surface area contributed by atoms with E-state index < -0.39 is 38.5 Å². The van der Waals surface area contributed by atoms with Crippen molar-refractivity contribution in [2.75, 3.05) is 5.32 Å². The van der Waals surface area contributed by atoms with Crippen LogP contribution in [-0.2, 0) is 12.4 Å². The maximum absolute atomic E-state index is 11.3. The van der Waals surface area contributed by atoms with Crippen LogP contribution in [0.5, 0.6) is 0 Å². The van der Waals surface area contributed by atoms with E-state index in [1.54, 1.807) is 6.07 Å². The van der Waals surface area contributed by atoms with Crippen molar-refractivity contribution in [1.82, 2.24) is 4.98 Å². The first-order valence-electron chi connectivity index (χ1n) is 12.8. The summed E-state index contributed by atoms with van der Waals surface area (Å²) in [7, 11) is 0. The van der Waals surface area contributed by atoms with E-state index in [1.807, 2.05) is 6.07 Å². The van der Waals surface area contributed by atoms with E-state index in [9.17, 15) is 18.4 Å². The molecule has 0 aliphatic heterocycles. The molecule has 1 aromatic carbocycles. The molecule has 206 valence electrons. The van der Waals surface area contributed by atoms with Gasteiger partial charge in [0.15, 0.2) is 0 Å². The van der Waals surface area contributed by atoms with Crippen LogP contribution in [0.2, 0.25) is 13.3 Å². The second-order valence-corrected chi connectivity index (χ2v) is 25.8. The van der Waals surface area contributed by atoms with Gasteiger partial charge in [-0.1, -0.05) is 0 Å². The molecule has 1 aromatic heterocycles. The average Bonchev–Trinajstić information content (AvgIpc) is 2.89. The zero-order valence-electron chi connectivity index (χ0n) is 22.3. The van der Waals surface area contributed by atoms with Gasteiger partial charge in [0.2, 0.25) is 0 Å². The van der Waals surface area contributed by atoms with Gasteiger partial charge in [-0.15, -0.1) is 0 Å². The Morgan fingerprint density at radius 3 is 1.86 bits per heavy atom. The number of nitrogens with zero attached hydrogens (tertiary/aromatic N) is 1. The third-order valence-corrected chi connectivity index (χ3v) is 23.7. The first-order chi connectivity index (χ1) is 17.5. The third-order valence-electron chi connectivity index (χ3n) is 6.16. The van der Waals surface area contributed by atoms with E-state index in [1.165, 1.54) is 86.7 Å². The van der Waals surface area contributed by atoms with Crippen LogP contribution < -0.4 is 13.4 Å². The Morgan fingerprint density at radius 1 is 0.946 bits per heavy atom. The molecular formula is C26H41AsN2O7Sn. The number of carbonyl (C=O) groups is 2. The summed E-state index contributed by atoms with van der Waals surface area (Å²) in [5, 5.41) is 20.0. The second-order valence-electron chi connectivity index (χ2n) is 9.13. The van der Waals surface area contributed by atoms with Gasteiger partial charge in [0.1, 0.15) is 0 Å². The number of pyridine rings is 1. The topological polar surface area (TPSA) is 146 Å². The van der Waals surface area contributed by atoms with Crippen molar-refractivity contribution in [1.29, 1.82) is 0 Å². The predicted molar refractivity (Wildman–Crippen MR) is 148 cm³/mol. The number of carbonyl (C=O) groups excluding carboxylic acids is 1. The first-order valence-corrected chi connectivity index (χ1v) is 23.6. The van der Waals surface area contributed by atoms with Gasteiger partial charge < -0.3 is 0 Å². The van der Waals surface area contributed by atoms with Crippen molar-refractivity contribution in [2.24, 2.45) is 0 Å². The molecule has 0 saturated carbocycles. The molecule has 9 nitrogen and oxygen atoms in total. The van der Waals surface area contributed by atoms with E-state index in [-0.39, 0.29) is 16.0 Å². The molecule has 0 fully saturated rings. The van der Waals surface area contributed by atoms with Crippen molar-refractivity contribution in [3.8, 4) is 0 Å². The number of rotatable bonds is 14. The fourth-order valence-corrected chi connectivity index (χ4v) is 20.9. The van der Waals surface area contributed by atoms with Crippen molar-refractivity contribution in [3.63, 3.8) is 0 Å². The Bertz CT molecular complexity index is 1010. The zero-order chi connectivity index (χ0) is 27.9. The number of unbranched alkanes of at least 4 members (excludes halogenated alkanes) is 3. The summed E-state index contributed by atoms with van der Waals surface area (Å²) in [5.74, 6) is -1.14. The molecule has 1 amide bonds. The van der Waals surface area contributed by atoms with Gasteiger partial charge >= 0.3 is 228 Å². The van der Waals surface area contributed by atoms with E-state index in [0.29, 0.717) is 5.69 Å². The number of carboxylic acids is 1. The number of nitrogens with one attached hydrogen (secondary N) is 1. The van der Waals surface area contributed by atoms with Gasteiger partial charge in [0.05, 0.1) is 0 Å². The molecule has 1 atom stereocenters. The molecule has 2 rings (SSSR count). The Morgan fingerprint density at radius 2 is 1.46 bits per heavy atom. The zero-order valence-corrected chi connectivity index (χ0v) is 27.0. The van der Waals surface area contributed by atoms with E-state index in [2.05, 4.69) is 41.0 Å². The van der Waals surface area contributed by atoms with Crippen LogP contribution in [0.15, 0.2) is 42.5 Å². The number of anilines is 1. The maximum atomic E-state index is 11.3. The molecule has 37 heavy (non-hydrogen) atoms. The number of hydrogen-bond donors (Lipinski definition) is 4. The second kappa shape index (κ2) is 17.0. The van der Waals surface area contributed by atoms with Gasteiger partial charge in [-0.05, 0) is 0 Å². The van der Waals surface area contributed by atoms with Gasteiger partial charge in [-0.25, -0.2) is 0 Å². The number of hydrogen-bond acceptors (Lipinski definition) is 6. The summed E-state index contributed by atoms with van der Waals surface area (Å²) in [6, 6.07) is 11.2. The van der Waals surface area contributed by atoms with Crippen molar-refractivity contribution in [3.05, 3.63) is 48.2 Å². The molecule has 4 N–H and O–H groups in total. The van der Waals surface area contributed by atoms with Crippen LogP contribution in [0.3, 0.4) is 0 Å². The fraction of sp³-hybridized carbons (Fsp3) is 0.500. The minimum absolute atomic E-state index is 0.00438. The van der Waals surface area contributed by atoms with E-state index in [4.69, 9.17) is 9.35 Å². The third kappa shape index (κ3) is 11.3. The molecule has 11 heteroatoms. The van der Waals surface area contributed by atoms with Crippen LogP contribution in [-0.4, -0.2) is 63.9 Å². The average molecular weight is 687 g/mol. The van der Waals surface area contributed by atoms with Crippen molar-refractivity contribution < 1.29 is 31.7 Å². The molecule has 2 aromatic rings. The molecule has 0 spiro atoms. The van der Waals surface area contributed by atoms with Gasteiger partial charge in [0, 0.05) is 0 Å². The molecule has 0 radical (unpaired) electrons. The number of benzene rings is 1. The van der Waals surface area contributed by atoms with Crippen LogP contribution in [0.4, 0.5) is 5.69 Å². The predicted octanol–water partition coefficient (Wildman–Crippen LogP) is 4.54. The molecular weight excluding hydrogens is 646 g/mol. The molecule has 1 heterocycles. The van der Waals surface area contributed by atoms with E-state index >= 15 is 0 Å². The quantitative estimate of drug-likeness (QED) is 0.129. The standard InChI is InChI=1S/C8H10AsNO5.C6H4NO2.3C4H9.Sn/c1-6(11)10-8-4-2-7(3-5-8)9(12,13)15-14;8-6(9)5-3-1-2-4-7-5;3*1-3-4-2;/h2-5,14H,1H3,(H,10,11)(H,12,13);1-3H,(H,8,9);3*1,3-4H2,2H3;. The fourth-order valence-electron chi connectivity index (χ4n) is 4.14. The SMILES string of the molecule is CC(=O)Nc1ccc([As](=O)(O)OO)cc1.CCC[CH2][Sn]([CH2]CCC)([CH2]CCC)[c]1cccc(C(=O)O)n1. The Balaban J connectivity index is 0.000000397. The van der Waals surface area contributed by atoms with Crippen molar-refractivity contribution in [2.45, 2.75) is 79.5 Å². The van der Waals surface area contributed by atoms with Crippen LogP contribution in [0.25, 0.3) is 0 Å². The molecule has 0 aliphatic rings. The molecule has 0 aliphatic carbocycles. The minimum atomic E-state index is -4.76. The van der Waals surface area contributed by atoms with Crippen molar-refractivity contribution >= 4 is 58.2 Å². The van der Waals surface area contributed by atoms with Crippen LogP contribution in [0.1, 0.15) is 76.7 Å². The Labute approximate surface area is 226 Å². The van der Waals surface area contributed by atoms with E-state index in [0.717, 1.165) is 0 Å². The molecule has 0 saturated heterocycles. The summed E-state index contributed by atoms with van der Waals surface area (Å²) in [5.41, 5.74) is 0.725. The normalized spacial score (nSPS) is 12.7. The number of carboxylic acid groups (broad SMARTS) is 1. The van der Waals surface area contributed by atoms with Crippen LogP contribution in [0, 0.1) is 0 Å². The molecule has 1 unspecified atom stereocenters. The van der Waals surface area contributed by atoms with Gasteiger partial charge in [-0.2, -0.15) is 0 Å². The summed E-state index contributed by atoms with van der Waals surface area (Å²) in [4.78, 5) is 26.6. The monoisotopic (exact) mass is 688 g/mol. The van der Waals surface area contributed by atoms with Gasteiger partial charge in [-0.3, -0.25) is 0 Å². The number of amides is 1. The Kier molecular flexibility index (Phi) is 15.4. The summed E-state index contributed by atoms with van der Waals surface area (Å²) < 4.78 is 29.0.